The fraction of sp³-hybridized carbons (Fsp3) is 0.278. The number of hydrogen-bond donors (Lipinski definition) is 0. The quantitative estimate of drug-likeness (QED) is 0.351. The molecule has 0 N–H and O–H groups in total. The second-order valence-corrected chi connectivity index (χ2v) is 7.71. The van der Waals surface area contributed by atoms with E-state index >= 15 is 0 Å². The molecule has 2 rings (SSSR count). The second kappa shape index (κ2) is 7.91. The third-order valence-corrected chi connectivity index (χ3v) is 4.34. The number of nitrogens with zero attached hydrogens (tertiary/aromatic N) is 3. The van der Waals surface area contributed by atoms with E-state index in [1.54, 1.807) is 56.1 Å². The zero-order valence-corrected chi connectivity index (χ0v) is 17.0. The molecule has 0 radical (unpaired) electrons. The topological polar surface area (TPSA) is 72.7 Å². The van der Waals surface area contributed by atoms with Crippen LogP contribution in [0.5, 0.6) is 5.75 Å². The van der Waals surface area contributed by atoms with Crippen molar-refractivity contribution in [1.82, 2.24) is 9.38 Å². The average Bonchev–Trinajstić information content (AvgIpc) is 2.55. The van der Waals surface area contributed by atoms with Crippen LogP contribution in [-0.2, 0) is 0 Å². The van der Waals surface area contributed by atoms with Crippen LogP contribution in [0, 0.1) is 10.1 Å². The number of amides is 1. The van der Waals surface area contributed by atoms with Gasteiger partial charge in [0.15, 0.2) is 0 Å². The van der Waals surface area contributed by atoms with Crippen LogP contribution in [0.2, 0.25) is 5.02 Å². The Morgan fingerprint density at radius 2 is 1.85 bits per heavy atom. The molecule has 0 aliphatic heterocycles. The number of nitro benzene ring substituents is 1. The van der Waals surface area contributed by atoms with Gasteiger partial charge in [0.25, 0.3) is 0 Å². The SMILES string of the molecule is [Li][c]1cccc(-c2cc([N+](C)(C)C)c(Cl)cc2[N+](=O)[O-])c1OC(=O)N(C)C. The van der Waals surface area contributed by atoms with Crippen molar-refractivity contribution in [1.29, 1.82) is 0 Å². The van der Waals surface area contributed by atoms with E-state index in [1.807, 2.05) is 21.1 Å². The summed E-state index contributed by atoms with van der Waals surface area (Å²) in [6.45, 7) is 0. The Morgan fingerprint density at radius 1 is 1.22 bits per heavy atom. The molecule has 0 bridgehead atoms. The number of ether oxygens (including phenoxy) is 1. The maximum absolute atomic E-state index is 12.1. The summed E-state index contributed by atoms with van der Waals surface area (Å²) >= 11 is 8.08. The number of halogens is 1. The predicted octanol–water partition coefficient (Wildman–Crippen LogP) is 2.97. The summed E-state index contributed by atoms with van der Waals surface area (Å²) in [6, 6.07) is 8.27. The molecular formula is C18H20ClLiN3O4+. The van der Waals surface area contributed by atoms with Gasteiger partial charge in [0.1, 0.15) is 0 Å². The summed E-state index contributed by atoms with van der Waals surface area (Å²) in [4.78, 5) is 24.6. The van der Waals surface area contributed by atoms with Crippen LogP contribution in [0.25, 0.3) is 11.1 Å². The molecule has 0 aromatic heterocycles. The minimum absolute atomic E-state index is 0.148. The summed E-state index contributed by atoms with van der Waals surface area (Å²) in [5.74, 6) is 0.286. The van der Waals surface area contributed by atoms with Gasteiger partial charge in [-0.25, -0.2) is 0 Å². The van der Waals surface area contributed by atoms with Gasteiger partial charge in [0.2, 0.25) is 0 Å². The monoisotopic (exact) mass is 384 g/mol. The van der Waals surface area contributed by atoms with Crippen LogP contribution in [0.15, 0.2) is 30.3 Å². The van der Waals surface area contributed by atoms with E-state index in [1.165, 1.54) is 11.0 Å². The fourth-order valence-corrected chi connectivity index (χ4v) is 3.02. The van der Waals surface area contributed by atoms with E-state index in [4.69, 9.17) is 16.3 Å². The van der Waals surface area contributed by atoms with Crippen molar-refractivity contribution in [2.45, 2.75) is 0 Å². The molecule has 0 unspecified atom stereocenters. The molecule has 2 aromatic rings. The normalized spacial score (nSPS) is 11.3. The molecule has 138 valence electrons. The van der Waals surface area contributed by atoms with Gasteiger partial charge < -0.3 is 0 Å². The van der Waals surface area contributed by atoms with Crippen molar-refractivity contribution >= 4 is 51.0 Å². The third-order valence-electron chi connectivity index (χ3n) is 4.04. The first-order valence-corrected chi connectivity index (χ1v) is 8.60. The number of rotatable bonds is 4. The first-order chi connectivity index (χ1) is 12.4. The van der Waals surface area contributed by atoms with E-state index in [0.29, 0.717) is 30.6 Å². The predicted molar refractivity (Wildman–Crippen MR) is 108 cm³/mol. The van der Waals surface area contributed by atoms with Crippen molar-refractivity contribution in [3.05, 3.63) is 45.5 Å². The van der Waals surface area contributed by atoms with Gasteiger partial charge in [-0.2, -0.15) is 0 Å². The standard InChI is InChI=1S/C18H20ClN3O4.Li/c1-20(2)18(23)26-17-9-7-6-8-12(17)13-10-16(22(3,4)5)14(19)11-15(13)21(24)25;/h6-8,10-11H,1-5H3;/q+1;. The zero-order chi connectivity index (χ0) is 20.5. The van der Waals surface area contributed by atoms with Gasteiger partial charge in [-0.15, -0.1) is 0 Å². The van der Waals surface area contributed by atoms with Gasteiger partial charge in [-0.3, -0.25) is 0 Å². The number of carbonyl (C=O) groups is 1. The number of hydrogen-bond acceptors (Lipinski definition) is 4. The molecule has 1 amide bonds. The van der Waals surface area contributed by atoms with Gasteiger partial charge in [-0.1, -0.05) is 0 Å². The van der Waals surface area contributed by atoms with Crippen LogP contribution in [-0.4, -0.2) is 68.9 Å². The second-order valence-electron chi connectivity index (χ2n) is 7.30. The zero-order valence-electron chi connectivity index (χ0n) is 16.2. The molecule has 0 atom stereocenters. The summed E-state index contributed by atoms with van der Waals surface area (Å²) in [5.41, 5.74) is 1.37. The Labute approximate surface area is 172 Å². The number of carbonyl (C=O) groups excluding carboxylic acids is 1. The first kappa shape index (κ1) is 21.3. The molecular weight excluding hydrogens is 365 g/mol. The third kappa shape index (κ3) is 4.63. The van der Waals surface area contributed by atoms with Gasteiger partial charge in [0.05, 0.1) is 0 Å². The van der Waals surface area contributed by atoms with Crippen LogP contribution in [0.3, 0.4) is 0 Å². The summed E-state index contributed by atoms with van der Waals surface area (Å²) in [7, 11) is 8.89. The molecule has 2 aromatic carbocycles. The van der Waals surface area contributed by atoms with Gasteiger partial charge in [0, 0.05) is 0 Å². The number of quaternary nitrogens is 1. The molecule has 27 heavy (non-hydrogen) atoms. The molecule has 9 heteroatoms. The summed E-state index contributed by atoms with van der Waals surface area (Å²) in [6.07, 6.45) is -0.561. The molecule has 0 saturated heterocycles. The maximum atomic E-state index is 12.1. The fourth-order valence-electron chi connectivity index (χ4n) is 2.61. The minimum atomic E-state index is -0.561. The van der Waals surface area contributed by atoms with Crippen LogP contribution in [0.4, 0.5) is 16.2 Å². The Balaban J connectivity index is 2.79. The summed E-state index contributed by atoms with van der Waals surface area (Å²) < 4.78 is 6.58. The molecule has 0 aliphatic rings. The number of benzene rings is 2. The Morgan fingerprint density at radius 3 is 2.37 bits per heavy atom. The van der Waals surface area contributed by atoms with Crippen molar-refractivity contribution in [2.75, 3.05) is 35.2 Å². The Bertz CT molecular complexity index is 910. The van der Waals surface area contributed by atoms with Crippen LogP contribution in [0.1, 0.15) is 0 Å². The summed E-state index contributed by atoms with van der Waals surface area (Å²) in [5, 5.41) is 12.0. The van der Waals surface area contributed by atoms with Crippen molar-refractivity contribution < 1.29 is 14.5 Å². The number of nitro groups is 1. The molecule has 7 nitrogen and oxygen atoms in total. The van der Waals surface area contributed by atoms with Gasteiger partial charge >= 0.3 is 172 Å². The van der Waals surface area contributed by atoms with E-state index < -0.39 is 11.0 Å². The van der Waals surface area contributed by atoms with E-state index in [9.17, 15) is 14.9 Å². The van der Waals surface area contributed by atoms with Crippen molar-refractivity contribution in [3.8, 4) is 16.9 Å². The molecule has 0 fully saturated rings. The van der Waals surface area contributed by atoms with Crippen LogP contribution < -0.4 is 13.5 Å². The van der Waals surface area contributed by atoms with E-state index in [0.717, 1.165) is 0 Å². The van der Waals surface area contributed by atoms with Crippen molar-refractivity contribution in [3.63, 3.8) is 0 Å². The van der Waals surface area contributed by atoms with Crippen molar-refractivity contribution in [2.24, 2.45) is 0 Å². The Kier molecular flexibility index (Phi) is 6.23. The first-order valence-electron chi connectivity index (χ1n) is 8.22. The molecule has 0 heterocycles. The van der Waals surface area contributed by atoms with Gasteiger partial charge in [-0.05, 0) is 0 Å². The molecule has 0 aliphatic carbocycles. The molecule has 0 saturated carbocycles. The van der Waals surface area contributed by atoms with E-state index in [-0.39, 0.29) is 11.4 Å². The number of para-hydroxylation sites is 1. The Hall–Kier alpha value is -2.04. The molecule has 0 spiro atoms. The average molecular weight is 385 g/mol. The van der Waals surface area contributed by atoms with E-state index in [2.05, 4.69) is 0 Å². The van der Waals surface area contributed by atoms with Crippen LogP contribution >= 0.6 is 11.6 Å².